The van der Waals surface area contributed by atoms with Crippen LogP contribution >= 0.6 is 0 Å². The van der Waals surface area contributed by atoms with Crippen molar-refractivity contribution in [3.05, 3.63) is 57.6 Å². The molecule has 10 nitrogen and oxygen atoms in total. The number of primary amides is 1. The minimum Gasteiger partial charge on any atom is -0.493 e. The number of alkyl halides is 2. The zero-order valence-corrected chi connectivity index (χ0v) is 15.0. The van der Waals surface area contributed by atoms with Crippen LogP contribution < -0.4 is 25.8 Å². The number of hydrogen-bond donors (Lipinski definition) is 3. The zero-order chi connectivity index (χ0) is 21.6. The molecule has 29 heavy (non-hydrogen) atoms. The van der Waals surface area contributed by atoms with Crippen LogP contribution in [0.3, 0.4) is 0 Å². The molecule has 2 aromatic carbocycles. The molecule has 4 N–H and O–H groups in total. The molecule has 0 unspecified atom stereocenters. The molecule has 2 aromatic rings. The van der Waals surface area contributed by atoms with E-state index in [-0.39, 0.29) is 17.9 Å². The Balaban J connectivity index is 2.20. The summed E-state index contributed by atoms with van der Waals surface area (Å²) in [4.78, 5) is 33.6. The second kappa shape index (κ2) is 9.30. The van der Waals surface area contributed by atoms with Gasteiger partial charge in [0.1, 0.15) is 5.56 Å². The minimum absolute atomic E-state index is 0.00440. The average Bonchev–Trinajstić information content (AvgIpc) is 2.65. The Kier molecular flexibility index (Phi) is 6.85. The van der Waals surface area contributed by atoms with Crippen molar-refractivity contribution in [1.29, 1.82) is 0 Å². The molecule has 0 aliphatic carbocycles. The highest BCUT2D eigenvalue weighted by atomic mass is 19.3. The van der Waals surface area contributed by atoms with E-state index in [1.807, 2.05) is 0 Å². The number of nitro groups is 1. The molecular formula is C17H16F2N4O6. The molecular weight excluding hydrogens is 394 g/mol. The molecule has 0 radical (unpaired) electrons. The largest absolute Gasteiger partial charge is 0.493 e. The Labute approximate surface area is 162 Å². The molecule has 0 saturated carbocycles. The number of nitro benzene ring substituents is 1. The van der Waals surface area contributed by atoms with Crippen LogP contribution in [0.4, 0.5) is 25.0 Å². The Morgan fingerprint density at radius 2 is 1.86 bits per heavy atom. The first-order chi connectivity index (χ1) is 13.7. The minimum atomic E-state index is -3.23. The number of hydrogen-bond acceptors (Lipinski definition) is 6. The van der Waals surface area contributed by atoms with Crippen LogP contribution in [0.5, 0.6) is 11.5 Å². The average molecular weight is 410 g/mol. The second-order valence-electron chi connectivity index (χ2n) is 5.52. The van der Waals surface area contributed by atoms with E-state index in [0.717, 1.165) is 13.2 Å². The molecule has 154 valence electrons. The van der Waals surface area contributed by atoms with Crippen molar-refractivity contribution in [1.82, 2.24) is 5.32 Å². The lowest BCUT2D eigenvalue weighted by Crippen LogP contribution is -2.24. The summed E-state index contributed by atoms with van der Waals surface area (Å²) in [6.07, 6.45) is 0. The van der Waals surface area contributed by atoms with Crippen molar-refractivity contribution in [2.24, 2.45) is 5.73 Å². The summed E-state index contributed by atoms with van der Waals surface area (Å²) >= 11 is 0. The first-order valence-electron chi connectivity index (χ1n) is 7.96. The van der Waals surface area contributed by atoms with E-state index in [1.165, 1.54) is 0 Å². The van der Waals surface area contributed by atoms with Crippen molar-refractivity contribution in [3.63, 3.8) is 0 Å². The number of carbonyl (C=O) groups excluding carboxylic acids is 2. The van der Waals surface area contributed by atoms with E-state index < -0.39 is 34.9 Å². The molecule has 0 heterocycles. The van der Waals surface area contributed by atoms with E-state index in [9.17, 15) is 28.5 Å². The number of ether oxygens (including phenoxy) is 2. The van der Waals surface area contributed by atoms with Gasteiger partial charge < -0.3 is 25.8 Å². The Hall–Kier alpha value is -3.96. The highest BCUT2D eigenvalue weighted by Crippen LogP contribution is 2.35. The van der Waals surface area contributed by atoms with Crippen LogP contribution in [-0.2, 0) is 6.54 Å². The zero-order valence-electron chi connectivity index (χ0n) is 15.0. The van der Waals surface area contributed by atoms with Crippen LogP contribution in [0, 0.1) is 10.1 Å². The number of benzene rings is 2. The summed E-state index contributed by atoms with van der Waals surface area (Å²) in [6.45, 7) is -3.22. The summed E-state index contributed by atoms with van der Waals surface area (Å²) in [5.74, 6) is -1.65. The SMILES string of the molecule is COc1cc(C(=O)NCc2ccc(NC(N)=O)cc2)c([N+](=O)[O-])cc1OC(F)F. The third-order valence-corrected chi connectivity index (χ3v) is 3.61. The first-order valence-corrected chi connectivity index (χ1v) is 7.96. The number of methoxy groups -OCH3 is 1. The van der Waals surface area contributed by atoms with Crippen LogP contribution in [-0.4, -0.2) is 30.6 Å². The molecule has 0 aliphatic rings. The Morgan fingerprint density at radius 1 is 1.21 bits per heavy atom. The molecule has 0 aliphatic heterocycles. The molecule has 12 heteroatoms. The summed E-state index contributed by atoms with van der Waals surface area (Å²) in [6, 6.07) is 7.21. The smallest absolute Gasteiger partial charge is 0.387 e. The van der Waals surface area contributed by atoms with Gasteiger partial charge in [-0.15, -0.1) is 0 Å². The maximum atomic E-state index is 12.5. The lowest BCUT2D eigenvalue weighted by molar-refractivity contribution is -0.385. The molecule has 0 aromatic heterocycles. The Morgan fingerprint density at radius 3 is 2.38 bits per heavy atom. The van der Waals surface area contributed by atoms with Crippen LogP contribution in [0.15, 0.2) is 36.4 Å². The van der Waals surface area contributed by atoms with Gasteiger partial charge in [0.15, 0.2) is 11.5 Å². The summed E-state index contributed by atoms with van der Waals surface area (Å²) in [7, 11) is 1.14. The summed E-state index contributed by atoms with van der Waals surface area (Å²) < 4.78 is 34.0. The number of carbonyl (C=O) groups is 2. The van der Waals surface area contributed by atoms with E-state index >= 15 is 0 Å². The van der Waals surface area contributed by atoms with Gasteiger partial charge in [-0.25, -0.2) is 4.79 Å². The standard InChI is InChI=1S/C17H16F2N4O6/c1-28-13-6-11(12(23(26)27)7-14(13)29-16(18)19)15(24)21-8-9-2-4-10(5-3-9)22-17(20)25/h2-7,16H,8H2,1H3,(H,21,24)(H3,20,22,25). The fourth-order valence-electron chi connectivity index (χ4n) is 2.36. The molecule has 0 atom stereocenters. The van der Waals surface area contributed by atoms with Crippen LogP contribution in [0.1, 0.15) is 15.9 Å². The van der Waals surface area contributed by atoms with Gasteiger partial charge in [0.25, 0.3) is 11.6 Å². The maximum absolute atomic E-state index is 12.5. The predicted octanol–water partition coefficient (Wildman–Crippen LogP) is 2.63. The third kappa shape index (κ3) is 5.76. The van der Waals surface area contributed by atoms with Gasteiger partial charge in [-0.1, -0.05) is 12.1 Å². The van der Waals surface area contributed by atoms with Crippen LogP contribution in [0.2, 0.25) is 0 Å². The van der Waals surface area contributed by atoms with Crippen molar-refractivity contribution < 1.29 is 32.8 Å². The second-order valence-corrected chi connectivity index (χ2v) is 5.52. The number of anilines is 1. The number of urea groups is 1. The van der Waals surface area contributed by atoms with E-state index in [0.29, 0.717) is 17.3 Å². The lowest BCUT2D eigenvalue weighted by Gasteiger charge is -2.12. The molecule has 0 saturated heterocycles. The highest BCUT2D eigenvalue weighted by molar-refractivity contribution is 5.99. The van der Waals surface area contributed by atoms with Crippen molar-refractivity contribution in [2.45, 2.75) is 13.2 Å². The van der Waals surface area contributed by atoms with Gasteiger partial charge in [0, 0.05) is 18.3 Å². The number of rotatable bonds is 8. The molecule has 0 fully saturated rings. The van der Waals surface area contributed by atoms with Gasteiger partial charge in [0.2, 0.25) is 0 Å². The monoisotopic (exact) mass is 410 g/mol. The van der Waals surface area contributed by atoms with Gasteiger partial charge >= 0.3 is 12.6 Å². The van der Waals surface area contributed by atoms with Crippen molar-refractivity contribution >= 4 is 23.3 Å². The normalized spacial score (nSPS) is 10.3. The molecule has 3 amide bonds. The van der Waals surface area contributed by atoms with Crippen molar-refractivity contribution in [2.75, 3.05) is 12.4 Å². The van der Waals surface area contributed by atoms with Crippen LogP contribution in [0.25, 0.3) is 0 Å². The first kappa shape index (κ1) is 21.3. The lowest BCUT2D eigenvalue weighted by atomic mass is 10.1. The third-order valence-electron chi connectivity index (χ3n) is 3.61. The number of nitrogens with zero attached hydrogens (tertiary/aromatic N) is 1. The molecule has 2 rings (SSSR count). The summed E-state index contributed by atoms with van der Waals surface area (Å²) in [5, 5.41) is 16.1. The number of halogens is 2. The van der Waals surface area contributed by atoms with E-state index in [1.54, 1.807) is 24.3 Å². The number of nitrogens with two attached hydrogens (primary N) is 1. The van der Waals surface area contributed by atoms with Crippen molar-refractivity contribution in [3.8, 4) is 11.5 Å². The number of nitrogens with one attached hydrogen (secondary N) is 2. The highest BCUT2D eigenvalue weighted by Gasteiger charge is 2.25. The molecule has 0 spiro atoms. The van der Waals surface area contributed by atoms with Gasteiger partial charge in [-0.2, -0.15) is 8.78 Å². The maximum Gasteiger partial charge on any atom is 0.387 e. The topological polar surface area (TPSA) is 146 Å². The predicted molar refractivity (Wildman–Crippen MR) is 97.1 cm³/mol. The van der Waals surface area contributed by atoms with Gasteiger partial charge in [-0.05, 0) is 17.7 Å². The Bertz CT molecular complexity index is 921. The number of amides is 3. The van der Waals surface area contributed by atoms with Gasteiger partial charge in [0.05, 0.1) is 18.1 Å². The fourth-order valence-corrected chi connectivity index (χ4v) is 2.36. The quantitative estimate of drug-likeness (QED) is 0.450. The van der Waals surface area contributed by atoms with E-state index in [2.05, 4.69) is 15.4 Å². The molecule has 0 bridgehead atoms. The summed E-state index contributed by atoms with van der Waals surface area (Å²) in [5.41, 5.74) is 4.96. The van der Waals surface area contributed by atoms with E-state index in [4.69, 9.17) is 10.5 Å². The fraction of sp³-hybridized carbons (Fsp3) is 0.176. The van der Waals surface area contributed by atoms with Gasteiger partial charge in [-0.3, -0.25) is 14.9 Å².